The normalized spacial score (nSPS) is 24.6. The summed E-state index contributed by atoms with van der Waals surface area (Å²) in [6.45, 7) is 4.02. The van der Waals surface area contributed by atoms with Crippen LogP contribution in [0.25, 0.3) is 0 Å². The van der Waals surface area contributed by atoms with E-state index < -0.39 is 5.97 Å². The molecular formula is C21H28N2O5. The molecule has 1 saturated carbocycles. The molecule has 1 aromatic carbocycles. The molecule has 1 fully saturated rings. The number of ether oxygens (including phenoxy) is 2. The summed E-state index contributed by atoms with van der Waals surface area (Å²) in [6, 6.07) is 7.18. The summed E-state index contributed by atoms with van der Waals surface area (Å²) in [5.41, 5.74) is 0.538. The molecule has 7 nitrogen and oxygen atoms in total. The number of amides is 2. The lowest BCUT2D eigenvalue weighted by atomic mass is 9.78. The topological polar surface area (TPSA) is 84.9 Å². The molecule has 3 rings (SSSR count). The minimum atomic E-state index is -0.620. The molecule has 152 valence electrons. The maximum atomic E-state index is 12.3. The number of para-hydroxylation sites is 2. The van der Waals surface area contributed by atoms with Crippen LogP contribution in [0.1, 0.15) is 39.5 Å². The fourth-order valence-corrected chi connectivity index (χ4v) is 3.85. The highest BCUT2D eigenvalue weighted by Gasteiger charge is 2.29. The third-order valence-corrected chi connectivity index (χ3v) is 5.74. The first-order valence-corrected chi connectivity index (χ1v) is 9.93. The molecule has 2 amide bonds. The number of nitrogens with one attached hydrogen (secondary N) is 1. The van der Waals surface area contributed by atoms with Gasteiger partial charge in [-0.15, -0.1) is 0 Å². The van der Waals surface area contributed by atoms with E-state index in [4.69, 9.17) is 9.47 Å². The van der Waals surface area contributed by atoms with Crippen LogP contribution in [0, 0.1) is 11.8 Å². The lowest BCUT2D eigenvalue weighted by Crippen LogP contribution is -2.45. The lowest BCUT2D eigenvalue weighted by Gasteiger charge is -2.34. The van der Waals surface area contributed by atoms with Gasteiger partial charge in [-0.3, -0.25) is 19.3 Å². The molecule has 2 aliphatic rings. The molecule has 28 heavy (non-hydrogen) atoms. The Hall–Kier alpha value is -2.57. The summed E-state index contributed by atoms with van der Waals surface area (Å²) in [6.07, 6.45) is 3.40. The number of esters is 1. The van der Waals surface area contributed by atoms with Gasteiger partial charge in [0.1, 0.15) is 12.3 Å². The second kappa shape index (κ2) is 9.08. The number of carbonyl (C=O) groups excluding carboxylic acids is 3. The zero-order valence-electron chi connectivity index (χ0n) is 16.5. The highest BCUT2D eigenvalue weighted by molar-refractivity contribution is 5.99. The Kier molecular flexibility index (Phi) is 6.54. The largest absolute Gasteiger partial charge is 0.491 e. The standard InChI is InChI=1S/C21H28N2O5/c1-14-6-5-7-16(15(14)2)22-19(24)13-28-21(26)12-23-17-8-3-4-9-18(17)27-11-10-20(23)25/h3-4,8-9,14-16H,5-7,10-13H2,1-2H3,(H,22,24)/t14-,15-,16+/m1/s1. The summed E-state index contributed by atoms with van der Waals surface area (Å²) in [5.74, 6) is 0.392. The average Bonchev–Trinajstić information content (AvgIpc) is 2.83. The predicted molar refractivity (Wildman–Crippen MR) is 104 cm³/mol. The van der Waals surface area contributed by atoms with Crippen LogP contribution in [0.2, 0.25) is 0 Å². The zero-order chi connectivity index (χ0) is 20.1. The molecule has 3 atom stereocenters. The van der Waals surface area contributed by atoms with Crippen LogP contribution < -0.4 is 15.0 Å². The molecule has 1 heterocycles. The van der Waals surface area contributed by atoms with Crippen molar-refractivity contribution in [3.8, 4) is 5.75 Å². The number of carbonyl (C=O) groups is 3. The van der Waals surface area contributed by atoms with Crippen LogP contribution in [-0.2, 0) is 19.1 Å². The van der Waals surface area contributed by atoms with Crippen molar-refractivity contribution in [3.63, 3.8) is 0 Å². The third-order valence-electron chi connectivity index (χ3n) is 5.74. The first-order valence-electron chi connectivity index (χ1n) is 9.93. The highest BCUT2D eigenvalue weighted by Crippen LogP contribution is 2.31. The zero-order valence-corrected chi connectivity index (χ0v) is 16.5. The lowest BCUT2D eigenvalue weighted by molar-refractivity contribution is -0.148. The van der Waals surface area contributed by atoms with Crippen molar-refractivity contribution < 1.29 is 23.9 Å². The van der Waals surface area contributed by atoms with E-state index in [1.165, 1.54) is 11.3 Å². The Labute approximate surface area is 165 Å². The van der Waals surface area contributed by atoms with Crippen LogP contribution in [0.5, 0.6) is 5.75 Å². The Bertz CT molecular complexity index is 735. The molecule has 1 aromatic rings. The van der Waals surface area contributed by atoms with Crippen LogP contribution in [0.3, 0.4) is 0 Å². The van der Waals surface area contributed by atoms with E-state index in [9.17, 15) is 14.4 Å². The van der Waals surface area contributed by atoms with Gasteiger partial charge in [-0.25, -0.2) is 0 Å². The van der Waals surface area contributed by atoms with E-state index in [2.05, 4.69) is 19.2 Å². The van der Waals surface area contributed by atoms with E-state index in [-0.39, 0.29) is 44.0 Å². The number of fused-ring (bicyclic) bond motifs is 1. The van der Waals surface area contributed by atoms with Crippen LogP contribution in [-0.4, -0.2) is 43.6 Å². The number of nitrogens with zero attached hydrogens (tertiary/aromatic N) is 1. The Morgan fingerprint density at radius 3 is 2.86 bits per heavy atom. The van der Waals surface area contributed by atoms with Gasteiger partial charge >= 0.3 is 5.97 Å². The summed E-state index contributed by atoms with van der Waals surface area (Å²) >= 11 is 0. The quantitative estimate of drug-likeness (QED) is 0.783. The molecular weight excluding hydrogens is 360 g/mol. The fraction of sp³-hybridized carbons (Fsp3) is 0.571. The van der Waals surface area contributed by atoms with Gasteiger partial charge in [-0.2, -0.15) is 0 Å². The van der Waals surface area contributed by atoms with Crippen molar-refractivity contribution in [2.45, 2.75) is 45.6 Å². The van der Waals surface area contributed by atoms with Crippen molar-refractivity contribution in [1.82, 2.24) is 5.32 Å². The molecule has 1 N–H and O–H groups in total. The molecule has 1 aliphatic carbocycles. The van der Waals surface area contributed by atoms with E-state index in [0.29, 0.717) is 23.3 Å². The Balaban J connectivity index is 1.52. The van der Waals surface area contributed by atoms with Gasteiger partial charge in [0, 0.05) is 6.04 Å². The van der Waals surface area contributed by atoms with E-state index in [1.54, 1.807) is 18.2 Å². The molecule has 0 radical (unpaired) electrons. The smallest absolute Gasteiger partial charge is 0.326 e. The second-order valence-corrected chi connectivity index (χ2v) is 7.65. The van der Waals surface area contributed by atoms with Crippen LogP contribution >= 0.6 is 0 Å². The van der Waals surface area contributed by atoms with Crippen molar-refractivity contribution >= 4 is 23.5 Å². The minimum Gasteiger partial charge on any atom is -0.491 e. The monoisotopic (exact) mass is 388 g/mol. The van der Waals surface area contributed by atoms with Gasteiger partial charge in [0.15, 0.2) is 6.61 Å². The second-order valence-electron chi connectivity index (χ2n) is 7.65. The summed E-state index contributed by atoms with van der Waals surface area (Å²) in [7, 11) is 0. The molecule has 0 spiro atoms. The van der Waals surface area contributed by atoms with Gasteiger partial charge in [-0.05, 0) is 30.4 Å². The fourth-order valence-electron chi connectivity index (χ4n) is 3.85. The maximum absolute atomic E-state index is 12.3. The third kappa shape index (κ3) is 4.82. The SMILES string of the molecule is C[C@@H]1[C@H](C)CCC[C@@H]1NC(=O)COC(=O)CN1C(=O)CCOc2ccccc21. The van der Waals surface area contributed by atoms with Gasteiger partial charge in [0.2, 0.25) is 5.91 Å². The van der Waals surface area contributed by atoms with Crippen LogP contribution in [0.4, 0.5) is 5.69 Å². The van der Waals surface area contributed by atoms with Gasteiger partial charge in [-0.1, -0.05) is 38.8 Å². The number of rotatable bonds is 5. The van der Waals surface area contributed by atoms with Crippen LogP contribution in [0.15, 0.2) is 24.3 Å². The summed E-state index contributed by atoms with van der Waals surface area (Å²) in [5, 5.41) is 2.98. The van der Waals surface area contributed by atoms with Gasteiger partial charge in [0.25, 0.3) is 5.91 Å². The maximum Gasteiger partial charge on any atom is 0.326 e. The molecule has 7 heteroatoms. The molecule has 0 saturated heterocycles. The Morgan fingerprint density at radius 2 is 2.04 bits per heavy atom. The van der Waals surface area contributed by atoms with Gasteiger partial charge < -0.3 is 14.8 Å². The predicted octanol–water partition coefficient (Wildman–Crippen LogP) is 2.29. The van der Waals surface area contributed by atoms with Crippen molar-refractivity contribution in [2.24, 2.45) is 11.8 Å². The van der Waals surface area contributed by atoms with Gasteiger partial charge in [0.05, 0.1) is 18.7 Å². The van der Waals surface area contributed by atoms with E-state index in [1.807, 2.05) is 6.07 Å². The van der Waals surface area contributed by atoms with E-state index in [0.717, 1.165) is 12.8 Å². The molecule has 0 bridgehead atoms. The minimum absolute atomic E-state index is 0.117. The number of benzene rings is 1. The molecule has 1 aliphatic heterocycles. The van der Waals surface area contributed by atoms with Crippen molar-refractivity contribution in [1.29, 1.82) is 0 Å². The number of hydrogen-bond acceptors (Lipinski definition) is 5. The van der Waals surface area contributed by atoms with E-state index >= 15 is 0 Å². The summed E-state index contributed by atoms with van der Waals surface area (Å²) in [4.78, 5) is 38.1. The molecule has 0 unspecified atom stereocenters. The first kappa shape index (κ1) is 20.2. The first-order chi connectivity index (χ1) is 13.5. The Morgan fingerprint density at radius 1 is 1.25 bits per heavy atom. The molecule has 0 aromatic heterocycles. The number of hydrogen-bond donors (Lipinski definition) is 1. The van der Waals surface area contributed by atoms with Crippen molar-refractivity contribution in [3.05, 3.63) is 24.3 Å². The highest BCUT2D eigenvalue weighted by atomic mass is 16.5. The van der Waals surface area contributed by atoms with Crippen molar-refractivity contribution in [2.75, 3.05) is 24.7 Å². The average molecular weight is 388 g/mol. The summed E-state index contributed by atoms with van der Waals surface area (Å²) < 4.78 is 10.7. The number of anilines is 1.